The molecular weight excluding hydrogens is 340 g/mol. The number of hydrogen-bond acceptors (Lipinski definition) is 3. The summed E-state index contributed by atoms with van der Waals surface area (Å²) in [6.07, 6.45) is 2.75. The van der Waals surface area contributed by atoms with Crippen molar-refractivity contribution in [3.8, 4) is 0 Å². The largest absolute Gasteiger partial charge is 0.351 e. The maximum absolute atomic E-state index is 12.5. The molecule has 0 radical (unpaired) electrons. The number of aromatic nitrogens is 2. The Morgan fingerprint density at radius 1 is 1.07 bits per heavy atom. The van der Waals surface area contributed by atoms with Gasteiger partial charge in [0.2, 0.25) is 5.91 Å². The van der Waals surface area contributed by atoms with Crippen LogP contribution in [0.2, 0.25) is 0 Å². The Labute approximate surface area is 158 Å². The van der Waals surface area contributed by atoms with Crippen LogP contribution in [0.1, 0.15) is 40.2 Å². The van der Waals surface area contributed by atoms with Gasteiger partial charge < -0.3 is 10.6 Å². The van der Waals surface area contributed by atoms with Crippen LogP contribution in [0, 0.1) is 20.8 Å². The summed E-state index contributed by atoms with van der Waals surface area (Å²) >= 11 is 0. The van der Waals surface area contributed by atoms with Gasteiger partial charge in [0.15, 0.2) is 0 Å². The highest BCUT2D eigenvalue weighted by Gasteiger charge is 2.17. The Balaban J connectivity index is 1.51. The van der Waals surface area contributed by atoms with Gasteiger partial charge in [0.05, 0.1) is 5.69 Å². The molecule has 2 N–H and O–H groups in total. The number of carbonyl (C=O) groups excluding carboxylic acids is 2. The molecule has 0 aliphatic heterocycles. The van der Waals surface area contributed by atoms with Gasteiger partial charge in [-0.3, -0.25) is 14.0 Å². The van der Waals surface area contributed by atoms with E-state index in [1.54, 1.807) is 0 Å². The van der Waals surface area contributed by atoms with E-state index < -0.39 is 0 Å². The van der Waals surface area contributed by atoms with Crippen molar-refractivity contribution < 1.29 is 9.59 Å². The average molecular weight is 364 g/mol. The molecule has 6 nitrogen and oxygen atoms in total. The topological polar surface area (TPSA) is 75.5 Å². The zero-order valence-electron chi connectivity index (χ0n) is 15.9. The summed E-state index contributed by atoms with van der Waals surface area (Å²) in [7, 11) is 0. The predicted octanol–water partition coefficient (Wildman–Crippen LogP) is 3.41. The first-order chi connectivity index (χ1) is 13.0. The molecule has 0 aliphatic carbocycles. The van der Waals surface area contributed by atoms with Gasteiger partial charge in [-0.1, -0.05) is 23.8 Å². The fourth-order valence-electron chi connectivity index (χ4n) is 2.99. The number of rotatable bonds is 6. The van der Waals surface area contributed by atoms with E-state index in [-0.39, 0.29) is 11.8 Å². The zero-order chi connectivity index (χ0) is 19.4. The molecule has 3 rings (SSSR count). The number of pyridine rings is 1. The third kappa shape index (κ3) is 4.34. The molecule has 0 bridgehead atoms. The summed E-state index contributed by atoms with van der Waals surface area (Å²) in [5.41, 5.74) is 4.97. The van der Waals surface area contributed by atoms with Gasteiger partial charge in [-0.2, -0.15) is 0 Å². The van der Waals surface area contributed by atoms with Crippen LogP contribution in [0.3, 0.4) is 0 Å². The van der Waals surface area contributed by atoms with Gasteiger partial charge in [0.25, 0.3) is 5.91 Å². The first-order valence-electron chi connectivity index (χ1n) is 9.04. The van der Waals surface area contributed by atoms with Crippen LogP contribution in [-0.2, 0) is 4.79 Å². The Hall–Kier alpha value is -3.15. The van der Waals surface area contributed by atoms with Crippen molar-refractivity contribution in [3.05, 3.63) is 65.1 Å². The van der Waals surface area contributed by atoms with Crippen molar-refractivity contribution in [3.63, 3.8) is 0 Å². The average Bonchev–Trinajstić information content (AvgIpc) is 2.98. The molecule has 3 aromatic rings. The third-order valence-corrected chi connectivity index (χ3v) is 4.44. The first kappa shape index (κ1) is 18.6. The van der Waals surface area contributed by atoms with Crippen LogP contribution in [-0.4, -0.2) is 27.7 Å². The van der Waals surface area contributed by atoms with E-state index in [4.69, 9.17) is 0 Å². The number of imidazole rings is 1. The molecule has 0 saturated carbocycles. The first-order valence-corrected chi connectivity index (χ1v) is 9.04. The number of fused-ring (bicyclic) bond motifs is 1. The Morgan fingerprint density at radius 2 is 1.81 bits per heavy atom. The minimum atomic E-state index is -0.176. The molecule has 0 unspecified atom stereocenters. The van der Waals surface area contributed by atoms with Crippen molar-refractivity contribution in [1.82, 2.24) is 14.7 Å². The summed E-state index contributed by atoms with van der Waals surface area (Å²) in [5, 5.41) is 5.74. The molecule has 0 saturated heterocycles. The van der Waals surface area contributed by atoms with E-state index in [1.165, 1.54) is 0 Å². The number of hydrogen-bond donors (Lipinski definition) is 2. The molecule has 140 valence electrons. The normalized spacial score (nSPS) is 10.8. The number of anilines is 1. The molecule has 2 heterocycles. The van der Waals surface area contributed by atoms with E-state index in [0.29, 0.717) is 30.8 Å². The maximum Gasteiger partial charge on any atom is 0.270 e. The summed E-state index contributed by atoms with van der Waals surface area (Å²) in [6, 6.07) is 11.5. The number of benzene rings is 1. The second kappa shape index (κ2) is 8.03. The standard InChI is InChI=1S/C21H24N4O2/c1-14-8-10-17(11-9-14)24-18(26)7-4-12-22-21(27)19-16(3)23-20-15(2)6-5-13-25(19)20/h5-6,8-11,13H,4,7,12H2,1-3H3,(H,22,27)(H,24,26). The number of aryl methyl sites for hydroxylation is 3. The van der Waals surface area contributed by atoms with Crippen LogP contribution in [0.5, 0.6) is 0 Å². The Kier molecular flexibility index (Phi) is 5.54. The quantitative estimate of drug-likeness (QED) is 0.658. The monoisotopic (exact) mass is 364 g/mol. The second-order valence-corrected chi connectivity index (χ2v) is 6.70. The van der Waals surface area contributed by atoms with Gasteiger partial charge in [-0.05, 0) is 51.0 Å². The molecule has 6 heteroatoms. The predicted molar refractivity (Wildman–Crippen MR) is 106 cm³/mol. The fraction of sp³-hybridized carbons (Fsp3) is 0.286. The van der Waals surface area contributed by atoms with Crippen LogP contribution in [0.25, 0.3) is 5.65 Å². The fourth-order valence-corrected chi connectivity index (χ4v) is 2.99. The van der Waals surface area contributed by atoms with Gasteiger partial charge in [0, 0.05) is 24.8 Å². The molecule has 0 fully saturated rings. The number of nitrogens with zero attached hydrogens (tertiary/aromatic N) is 2. The Morgan fingerprint density at radius 3 is 2.56 bits per heavy atom. The van der Waals surface area contributed by atoms with Crippen molar-refractivity contribution in [2.45, 2.75) is 33.6 Å². The lowest BCUT2D eigenvalue weighted by Gasteiger charge is -2.07. The molecule has 1 aromatic carbocycles. The van der Waals surface area contributed by atoms with E-state index in [1.807, 2.05) is 67.8 Å². The molecular formula is C21H24N4O2. The molecule has 2 aromatic heterocycles. The van der Waals surface area contributed by atoms with Crippen molar-refractivity contribution in [2.75, 3.05) is 11.9 Å². The van der Waals surface area contributed by atoms with Gasteiger partial charge in [0.1, 0.15) is 11.3 Å². The van der Waals surface area contributed by atoms with Crippen LogP contribution < -0.4 is 10.6 Å². The zero-order valence-corrected chi connectivity index (χ0v) is 15.9. The second-order valence-electron chi connectivity index (χ2n) is 6.70. The molecule has 2 amide bonds. The van der Waals surface area contributed by atoms with Crippen LogP contribution in [0.15, 0.2) is 42.6 Å². The highest BCUT2D eigenvalue weighted by Crippen LogP contribution is 2.15. The van der Waals surface area contributed by atoms with Gasteiger partial charge in [-0.15, -0.1) is 0 Å². The summed E-state index contributed by atoms with van der Waals surface area (Å²) in [6.45, 7) is 6.23. The van der Waals surface area contributed by atoms with Crippen molar-refractivity contribution in [2.24, 2.45) is 0 Å². The van der Waals surface area contributed by atoms with Crippen molar-refractivity contribution in [1.29, 1.82) is 0 Å². The minimum absolute atomic E-state index is 0.0605. The maximum atomic E-state index is 12.5. The lowest BCUT2D eigenvalue weighted by atomic mass is 10.2. The number of amides is 2. The van der Waals surface area contributed by atoms with Crippen molar-refractivity contribution >= 4 is 23.1 Å². The minimum Gasteiger partial charge on any atom is -0.351 e. The van der Waals surface area contributed by atoms with E-state index in [2.05, 4.69) is 15.6 Å². The third-order valence-electron chi connectivity index (χ3n) is 4.44. The van der Waals surface area contributed by atoms with Crippen LogP contribution >= 0.6 is 0 Å². The summed E-state index contributed by atoms with van der Waals surface area (Å²) < 4.78 is 1.81. The smallest absolute Gasteiger partial charge is 0.270 e. The van der Waals surface area contributed by atoms with Crippen LogP contribution in [0.4, 0.5) is 5.69 Å². The van der Waals surface area contributed by atoms with E-state index in [9.17, 15) is 9.59 Å². The molecule has 0 atom stereocenters. The number of carbonyl (C=O) groups is 2. The van der Waals surface area contributed by atoms with E-state index in [0.717, 1.165) is 22.5 Å². The molecule has 27 heavy (non-hydrogen) atoms. The SMILES string of the molecule is Cc1ccc(NC(=O)CCCNC(=O)c2c(C)nc3c(C)cccn23)cc1. The van der Waals surface area contributed by atoms with Gasteiger partial charge >= 0.3 is 0 Å². The van der Waals surface area contributed by atoms with Gasteiger partial charge in [-0.25, -0.2) is 4.98 Å². The molecule has 0 aliphatic rings. The highest BCUT2D eigenvalue weighted by atomic mass is 16.2. The number of nitrogens with one attached hydrogen (secondary N) is 2. The summed E-state index contributed by atoms with van der Waals surface area (Å²) in [4.78, 5) is 29.0. The lowest BCUT2D eigenvalue weighted by molar-refractivity contribution is -0.116. The van der Waals surface area contributed by atoms with E-state index >= 15 is 0 Å². The summed E-state index contributed by atoms with van der Waals surface area (Å²) in [5.74, 6) is -0.237. The molecule has 0 spiro atoms. The Bertz CT molecular complexity index is 974. The lowest BCUT2D eigenvalue weighted by Crippen LogP contribution is -2.27. The highest BCUT2D eigenvalue weighted by molar-refractivity contribution is 5.95.